The zero-order valence-corrected chi connectivity index (χ0v) is 13.4. The summed E-state index contributed by atoms with van der Waals surface area (Å²) in [4.78, 5) is 2.32. The zero-order chi connectivity index (χ0) is 13.7. The molecule has 1 aromatic carbocycles. The van der Waals surface area contributed by atoms with Gasteiger partial charge in [-0.05, 0) is 51.0 Å². The van der Waals surface area contributed by atoms with E-state index in [1.54, 1.807) is 6.07 Å². The van der Waals surface area contributed by atoms with Gasteiger partial charge in [0.25, 0.3) is 0 Å². The Morgan fingerprint density at radius 2 is 2.05 bits per heavy atom. The van der Waals surface area contributed by atoms with Crippen LogP contribution in [0.15, 0.2) is 18.2 Å². The molecule has 1 aliphatic heterocycles. The highest BCUT2D eigenvalue weighted by Gasteiger charge is 2.19. The molecule has 20 heavy (non-hydrogen) atoms. The van der Waals surface area contributed by atoms with Crippen LogP contribution in [0.3, 0.4) is 0 Å². The molecular weight excluding hydrogens is 298 g/mol. The van der Waals surface area contributed by atoms with Crippen LogP contribution in [-0.4, -0.2) is 31.1 Å². The summed E-state index contributed by atoms with van der Waals surface area (Å²) in [6.07, 6.45) is 2.38. The second-order valence-electron chi connectivity index (χ2n) is 5.24. The third kappa shape index (κ3) is 4.88. The lowest BCUT2D eigenvalue weighted by molar-refractivity contribution is 0.174. The number of nitrogens with zero attached hydrogens (tertiary/aromatic N) is 1. The second kappa shape index (κ2) is 8.83. The van der Waals surface area contributed by atoms with Crippen molar-refractivity contribution in [3.05, 3.63) is 34.6 Å². The fourth-order valence-electron chi connectivity index (χ4n) is 2.61. The lowest BCUT2D eigenvalue weighted by Gasteiger charge is -2.32. The zero-order valence-electron chi connectivity index (χ0n) is 11.9. The van der Waals surface area contributed by atoms with Gasteiger partial charge in [-0.25, -0.2) is 4.39 Å². The summed E-state index contributed by atoms with van der Waals surface area (Å²) < 4.78 is 13.8. The molecule has 1 aliphatic rings. The minimum absolute atomic E-state index is 0. The Hall–Kier alpha value is -0.350. The average molecular weight is 321 g/mol. The summed E-state index contributed by atoms with van der Waals surface area (Å²) in [5.74, 6) is 0.499. The molecule has 1 fully saturated rings. The molecule has 1 N–H and O–H groups in total. The van der Waals surface area contributed by atoms with Crippen molar-refractivity contribution in [3.8, 4) is 0 Å². The van der Waals surface area contributed by atoms with Crippen LogP contribution in [0.25, 0.3) is 0 Å². The van der Waals surface area contributed by atoms with Gasteiger partial charge in [-0.1, -0.05) is 30.7 Å². The number of nitrogens with one attached hydrogen (secondary N) is 1. The minimum Gasteiger partial charge on any atom is -0.317 e. The van der Waals surface area contributed by atoms with Crippen molar-refractivity contribution < 1.29 is 4.39 Å². The summed E-state index contributed by atoms with van der Waals surface area (Å²) in [6.45, 7) is 7.03. The first-order valence-electron chi connectivity index (χ1n) is 7.06. The Bertz CT molecular complexity index is 407. The van der Waals surface area contributed by atoms with Gasteiger partial charge in [0.2, 0.25) is 0 Å². The summed E-state index contributed by atoms with van der Waals surface area (Å²) in [7, 11) is 0. The number of halogens is 3. The monoisotopic (exact) mass is 320 g/mol. The van der Waals surface area contributed by atoms with E-state index in [2.05, 4.69) is 17.1 Å². The molecule has 0 amide bonds. The molecule has 0 radical (unpaired) electrons. The van der Waals surface area contributed by atoms with Crippen LogP contribution in [0, 0.1) is 11.7 Å². The fraction of sp³-hybridized carbons (Fsp3) is 0.600. The number of piperidine rings is 1. The van der Waals surface area contributed by atoms with Gasteiger partial charge in [0.15, 0.2) is 0 Å². The lowest BCUT2D eigenvalue weighted by Crippen LogP contribution is -2.37. The molecule has 114 valence electrons. The maximum Gasteiger partial charge on any atom is 0.146 e. The van der Waals surface area contributed by atoms with Gasteiger partial charge in [-0.3, -0.25) is 4.90 Å². The van der Waals surface area contributed by atoms with Crippen molar-refractivity contribution in [2.45, 2.75) is 26.3 Å². The molecule has 1 saturated heterocycles. The summed E-state index contributed by atoms with van der Waals surface area (Å²) >= 11 is 5.81. The smallest absolute Gasteiger partial charge is 0.146 e. The van der Waals surface area contributed by atoms with Gasteiger partial charge >= 0.3 is 0 Å². The fourth-order valence-corrected chi connectivity index (χ4v) is 2.80. The number of hydrogen-bond donors (Lipinski definition) is 1. The minimum atomic E-state index is -0.265. The molecule has 0 aromatic heterocycles. The van der Waals surface area contributed by atoms with E-state index in [1.165, 1.54) is 12.8 Å². The van der Waals surface area contributed by atoms with Gasteiger partial charge in [0.1, 0.15) is 5.82 Å². The molecule has 2 rings (SSSR count). The maximum atomic E-state index is 13.8. The van der Waals surface area contributed by atoms with Crippen molar-refractivity contribution >= 4 is 24.0 Å². The molecule has 0 spiro atoms. The van der Waals surface area contributed by atoms with Crippen LogP contribution >= 0.6 is 24.0 Å². The lowest BCUT2D eigenvalue weighted by atomic mass is 9.96. The second-order valence-corrected chi connectivity index (χ2v) is 5.65. The predicted molar refractivity (Wildman–Crippen MR) is 85.2 cm³/mol. The van der Waals surface area contributed by atoms with Crippen LogP contribution in [0.5, 0.6) is 0 Å². The van der Waals surface area contributed by atoms with E-state index in [1.807, 2.05) is 12.1 Å². The largest absolute Gasteiger partial charge is 0.317 e. The van der Waals surface area contributed by atoms with Crippen molar-refractivity contribution in [1.82, 2.24) is 10.2 Å². The Labute approximate surface area is 132 Å². The normalized spacial score (nSPS) is 16.9. The van der Waals surface area contributed by atoms with Crippen LogP contribution in [-0.2, 0) is 6.54 Å². The SMILES string of the molecule is CCNCC1CCN(Cc2cccc(Cl)c2F)CC1.Cl. The van der Waals surface area contributed by atoms with E-state index in [9.17, 15) is 4.39 Å². The van der Waals surface area contributed by atoms with E-state index in [4.69, 9.17) is 11.6 Å². The molecule has 2 nitrogen and oxygen atoms in total. The van der Waals surface area contributed by atoms with E-state index < -0.39 is 0 Å². The van der Waals surface area contributed by atoms with E-state index in [0.717, 1.165) is 32.1 Å². The first-order chi connectivity index (χ1) is 9.20. The predicted octanol–water partition coefficient (Wildman–Crippen LogP) is 3.72. The molecule has 0 aliphatic carbocycles. The van der Waals surface area contributed by atoms with E-state index in [0.29, 0.717) is 12.1 Å². The molecule has 0 bridgehead atoms. The highest BCUT2D eigenvalue weighted by atomic mass is 35.5. The summed E-state index contributed by atoms with van der Waals surface area (Å²) in [6, 6.07) is 5.24. The number of hydrogen-bond acceptors (Lipinski definition) is 2. The van der Waals surface area contributed by atoms with Crippen molar-refractivity contribution in [1.29, 1.82) is 0 Å². The highest BCUT2D eigenvalue weighted by molar-refractivity contribution is 6.30. The first-order valence-corrected chi connectivity index (χ1v) is 7.44. The molecule has 1 aromatic rings. The van der Waals surface area contributed by atoms with Crippen molar-refractivity contribution in [3.63, 3.8) is 0 Å². The van der Waals surface area contributed by atoms with E-state index in [-0.39, 0.29) is 23.2 Å². The number of likely N-dealkylation sites (tertiary alicyclic amines) is 1. The van der Waals surface area contributed by atoms with Crippen LogP contribution in [0.4, 0.5) is 4.39 Å². The van der Waals surface area contributed by atoms with Crippen LogP contribution < -0.4 is 5.32 Å². The van der Waals surface area contributed by atoms with Crippen molar-refractivity contribution in [2.75, 3.05) is 26.2 Å². The Morgan fingerprint density at radius 1 is 1.35 bits per heavy atom. The summed E-state index contributed by atoms with van der Waals surface area (Å²) in [5, 5.41) is 3.62. The first kappa shape index (κ1) is 17.7. The number of benzene rings is 1. The third-order valence-electron chi connectivity index (χ3n) is 3.82. The van der Waals surface area contributed by atoms with E-state index >= 15 is 0 Å². The Balaban J connectivity index is 0.00000200. The van der Waals surface area contributed by atoms with Gasteiger partial charge in [-0.2, -0.15) is 0 Å². The van der Waals surface area contributed by atoms with Gasteiger partial charge < -0.3 is 5.32 Å². The van der Waals surface area contributed by atoms with Crippen LogP contribution in [0.1, 0.15) is 25.3 Å². The summed E-state index contributed by atoms with van der Waals surface area (Å²) in [5.41, 5.74) is 0.706. The molecule has 0 unspecified atom stereocenters. The highest BCUT2D eigenvalue weighted by Crippen LogP contribution is 2.22. The molecule has 0 atom stereocenters. The topological polar surface area (TPSA) is 15.3 Å². The van der Waals surface area contributed by atoms with Gasteiger partial charge in [-0.15, -0.1) is 12.4 Å². The van der Waals surface area contributed by atoms with Gasteiger partial charge in [0, 0.05) is 12.1 Å². The molecule has 1 heterocycles. The molecular formula is C15H23Cl2FN2. The van der Waals surface area contributed by atoms with Crippen molar-refractivity contribution in [2.24, 2.45) is 5.92 Å². The maximum absolute atomic E-state index is 13.8. The molecule has 5 heteroatoms. The number of rotatable bonds is 5. The Kier molecular flexibility index (Phi) is 7.82. The third-order valence-corrected chi connectivity index (χ3v) is 4.11. The molecule has 0 saturated carbocycles. The quantitative estimate of drug-likeness (QED) is 0.889. The Morgan fingerprint density at radius 3 is 2.70 bits per heavy atom. The standard InChI is InChI=1S/C15H22ClFN2.ClH/c1-2-18-10-12-6-8-19(9-7-12)11-13-4-3-5-14(16)15(13)17;/h3-5,12,18H,2,6-11H2,1H3;1H. The van der Waals surface area contributed by atoms with Gasteiger partial charge in [0.05, 0.1) is 5.02 Å². The van der Waals surface area contributed by atoms with Crippen LogP contribution in [0.2, 0.25) is 5.02 Å². The average Bonchev–Trinajstić information content (AvgIpc) is 2.43.